The number of rotatable bonds is 2. The standard InChI is InChI=1S/C9H8BrN5O/c1-5-2-3-6(4-7(5)10)11-9(16)8-12-14-15-13-8/h2-4H,1H3,(H,11,16)(H,12,13,14,15). The smallest absolute Gasteiger partial charge is 0.297 e. The minimum atomic E-state index is -0.399. The fourth-order valence-corrected chi connectivity index (χ4v) is 1.49. The van der Waals surface area contributed by atoms with Crippen LogP contribution in [-0.4, -0.2) is 26.5 Å². The largest absolute Gasteiger partial charge is 0.319 e. The first kappa shape index (κ1) is 10.7. The number of aromatic nitrogens is 4. The summed E-state index contributed by atoms with van der Waals surface area (Å²) in [6.45, 7) is 1.97. The summed E-state index contributed by atoms with van der Waals surface area (Å²) in [6.07, 6.45) is 0. The fraction of sp³-hybridized carbons (Fsp3) is 0.111. The van der Waals surface area contributed by atoms with E-state index in [2.05, 4.69) is 41.9 Å². The molecule has 6 nitrogen and oxygen atoms in total. The Bertz CT molecular complexity index is 511. The van der Waals surface area contributed by atoms with Crippen molar-refractivity contribution in [2.24, 2.45) is 0 Å². The molecular formula is C9H8BrN5O. The Hall–Kier alpha value is -1.76. The molecule has 2 N–H and O–H groups in total. The topological polar surface area (TPSA) is 83.6 Å². The maximum absolute atomic E-state index is 11.6. The predicted molar refractivity (Wildman–Crippen MR) is 61.0 cm³/mol. The van der Waals surface area contributed by atoms with Gasteiger partial charge in [0.2, 0.25) is 0 Å². The molecule has 0 saturated heterocycles. The van der Waals surface area contributed by atoms with Crippen molar-refractivity contribution in [1.29, 1.82) is 0 Å². The molecule has 0 fully saturated rings. The predicted octanol–water partition coefficient (Wildman–Crippen LogP) is 1.52. The van der Waals surface area contributed by atoms with Crippen LogP contribution in [-0.2, 0) is 0 Å². The second-order valence-corrected chi connectivity index (χ2v) is 4.01. The maximum atomic E-state index is 11.6. The van der Waals surface area contributed by atoms with Gasteiger partial charge >= 0.3 is 0 Å². The zero-order valence-electron chi connectivity index (χ0n) is 8.36. The van der Waals surface area contributed by atoms with Crippen molar-refractivity contribution in [2.45, 2.75) is 6.92 Å². The van der Waals surface area contributed by atoms with Crippen molar-refractivity contribution in [1.82, 2.24) is 20.6 Å². The highest BCUT2D eigenvalue weighted by Crippen LogP contribution is 2.20. The van der Waals surface area contributed by atoms with Crippen LogP contribution in [0.5, 0.6) is 0 Å². The molecule has 16 heavy (non-hydrogen) atoms. The number of halogens is 1. The number of tetrazole rings is 1. The number of H-pyrrole nitrogens is 1. The highest BCUT2D eigenvalue weighted by atomic mass is 79.9. The Labute approximate surface area is 99.6 Å². The van der Waals surface area contributed by atoms with E-state index in [-0.39, 0.29) is 5.82 Å². The third-order valence-electron chi connectivity index (χ3n) is 1.98. The minimum Gasteiger partial charge on any atom is -0.319 e. The lowest BCUT2D eigenvalue weighted by molar-refractivity contribution is 0.101. The van der Waals surface area contributed by atoms with Gasteiger partial charge in [-0.1, -0.05) is 22.0 Å². The van der Waals surface area contributed by atoms with Crippen molar-refractivity contribution in [2.75, 3.05) is 5.32 Å². The van der Waals surface area contributed by atoms with Crippen LogP contribution in [0.2, 0.25) is 0 Å². The van der Waals surface area contributed by atoms with Crippen LogP contribution in [0.4, 0.5) is 5.69 Å². The molecule has 2 rings (SSSR count). The van der Waals surface area contributed by atoms with E-state index in [1.54, 1.807) is 6.07 Å². The molecule has 1 heterocycles. The number of anilines is 1. The third-order valence-corrected chi connectivity index (χ3v) is 2.83. The molecule has 82 valence electrons. The summed E-state index contributed by atoms with van der Waals surface area (Å²) in [5.74, 6) is -0.388. The van der Waals surface area contributed by atoms with Crippen molar-refractivity contribution in [3.8, 4) is 0 Å². The average Bonchev–Trinajstić information content (AvgIpc) is 2.77. The molecule has 1 amide bonds. The summed E-state index contributed by atoms with van der Waals surface area (Å²) in [6, 6.07) is 5.52. The van der Waals surface area contributed by atoms with Gasteiger partial charge in [0.1, 0.15) is 0 Å². The number of carbonyl (C=O) groups excluding carboxylic acids is 1. The fourth-order valence-electron chi connectivity index (χ4n) is 1.12. The highest BCUT2D eigenvalue weighted by molar-refractivity contribution is 9.10. The molecule has 7 heteroatoms. The number of nitrogens with one attached hydrogen (secondary N) is 2. The van der Waals surface area contributed by atoms with Gasteiger partial charge in [0.25, 0.3) is 11.7 Å². The Morgan fingerprint density at radius 2 is 2.31 bits per heavy atom. The van der Waals surface area contributed by atoms with Crippen molar-refractivity contribution < 1.29 is 4.79 Å². The van der Waals surface area contributed by atoms with Gasteiger partial charge in [-0.3, -0.25) is 4.79 Å². The van der Waals surface area contributed by atoms with Crippen LogP contribution in [0, 0.1) is 6.92 Å². The molecule has 0 atom stereocenters. The van der Waals surface area contributed by atoms with Crippen LogP contribution >= 0.6 is 15.9 Å². The molecule has 0 aliphatic carbocycles. The molecule has 1 aromatic heterocycles. The molecule has 0 aliphatic heterocycles. The number of nitrogens with zero attached hydrogens (tertiary/aromatic N) is 3. The number of amides is 1. The summed E-state index contributed by atoms with van der Waals surface area (Å²) in [7, 11) is 0. The Kier molecular flexibility index (Phi) is 2.95. The quantitative estimate of drug-likeness (QED) is 0.874. The number of aryl methyl sites for hydroxylation is 1. The van der Waals surface area contributed by atoms with Gasteiger partial charge in [-0.25, -0.2) is 0 Å². The van der Waals surface area contributed by atoms with E-state index in [0.717, 1.165) is 10.0 Å². The summed E-state index contributed by atoms with van der Waals surface area (Å²) in [5, 5.41) is 15.3. The molecule has 0 radical (unpaired) electrons. The van der Waals surface area contributed by atoms with Gasteiger partial charge in [0.15, 0.2) is 0 Å². The van der Waals surface area contributed by atoms with E-state index < -0.39 is 5.91 Å². The summed E-state index contributed by atoms with van der Waals surface area (Å²) >= 11 is 3.38. The van der Waals surface area contributed by atoms with Gasteiger partial charge < -0.3 is 5.32 Å². The SMILES string of the molecule is Cc1ccc(NC(=O)c2nn[nH]n2)cc1Br. The Morgan fingerprint density at radius 1 is 1.50 bits per heavy atom. The Balaban J connectivity index is 2.15. The third kappa shape index (κ3) is 2.25. The van der Waals surface area contributed by atoms with Crippen LogP contribution in [0.25, 0.3) is 0 Å². The Morgan fingerprint density at radius 3 is 2.94 bits per heavy atom. The lowest BCUT2D eigenvalue weighted by Crippen LogP contribution is -2.13. The van der Waals surface area contributed by atoms with Crippen LogP contribution in [0.1, 0.15) is 16.2 Å². The average molecular weight is 282 g/mol. The first-order chi connectivity index (χ1) is 7.66. The number of carbonyl (C=O) groups is 1. The second kappa shape index (κ2) is 4.40. The van der Waals surface area contributed by atoms with Crippen molar-refractivity contribution in [3.05, 3.63) is 34.1 Å². The first-order valence-electron chi connectivity index (χ1n) is 4.48. The van der Waals surface area contributed by atoms with E-state index in [4.69, 9.17) is 0 Å². The normalized spacial score (nSPS) is 10.1. The lowest BCUT2D eigenvalue weighted by atomic mass is 10.2. The summed E-state index contributed by atoms with van der Waals surface area (Å²) < 4.78 is 0.929. The highest BCUT2D eigenvalue weighted by Gasteiger charge is 2.10. The van der Waals surface area contributed by atoms with Crippen molar-refractivity contribution >= 4 is 27.5 Å². The van der Waals surface area contributed by atoms with Crippen molar-refractivity contribution in [3.63, 3.8) is 0 Å². The lowest BCUT2D eigenvalue weighted by Gasteiger charge is -2.04. The number of hydrogen-bond donors (Lipinski definition) is 2. The number of hydrogen-bond acceptors (Lipinski definition) is 4. The molecule has 0 aliphatic rings. The van der Waals surface area contributed by atoms with E-state index >= 15 is 0 Å². The zero-order valence-corrected chi connectivity index (χ0v) is 9.95. The minimum absolute atomic E-state index is 0.0108. The molecular weight excluding hydrogens is 274 g/mol. The van der Waals surface area contributed by atoms with Crippen LogP contribution in [0.15, 0.2) is 22.7 Å². The molecule has 1 aromatic carbocycles. The van der Waals surface area contributed by atoms with Gasteiger partial charge in [-0.05, 0) is 29.8 Å². The van der Waals surface area contributed by atoms with Gasteiger partial charge in [0.05, 0.1) is 0 Å². The van der Waals surface area contributed by atoms with E-state index in [1.807, 2.05) is 19.1 Å². The summed E-state index contributed by atoms with van der Waals surface area (Å²) in [4.78, 5) is 11.6. The first-order valence-corrected chi connectivity index (χ1v) is 5.27. The van der Waals surface area contributed by atoms with E-state index in [0.29, 0.717) is 5.69 Å². The molecule has 2 aromatic rings. The number of benzene rings is 1. The maximum Gasteiger partial charge on any atom is 0.297 e. The molecule has 0 saturated carbocycles. The monoisotopic (exact) mass is 281 g/mol. The molecule has 0 unspecified atom stereocenters. The van der Waals surface area contributed by atoms with E-state index in [9.17, 15) is 4.79 Å². The molecule has 0 bridgehead atoms. The van der Waals surface area contributed by atoms with Crippen LogP contribution < -0.4 is 5.32 Å². The van der Waals surface area contributed by atoms with E-state index in [1.165, 1.54) is 0 Å². The number of aromatic amines is 1. The second-order valence-electron chi connectivity index (χ2n) is 3.15. The zero-order chi connectivity index (χ0) is 11.5. The van der Waals surface area contributed by atoms with Gasteiger partial charge in [0, 0.05) is 10.2 Å². The van der Waals surface area contributed by atoms with Gasteiger partial charge in [-0.15, -0.1) is 10.2 Å². The molecule has 0 spiro atoms. The van der Waals surface area contributed by atoms with Crippen LogP contribution in [0.3, 0.4) is 0 Å². The van der Waals surface area contributed by atoms with Gasteiger partial charge in [-0.2, -0.15) is 5.21 Å². The summed E-state index contributed by atoms with van der Waals surface area (Å²) in [5.41, 5.74) is 1.77.